The zero-order chi connectivity index (χ0) is 15.6. The summed E-state index contributed by atoms with van der Waals surface area (Å²) in [7, 11) is 0. The van der Waals surface area contributed by atoms with Crippen molar-refractivity contribution >= 4 is 5.97 Å². The zero-order valence-corrected chi connectivity index (χ0v) is 13.6. The third-order valence-electron chi connectivity index (χ3n) is 2.77. The molecule has 0 saturated carbocycles. The van der Waals surface area contributed by atoms with Gasteiger partial charge < -0.3 is 9.47 Å². The topological polar surface area (TPSA) is 35.5 Å². The smallest absolute Gasteiger partial charge is 0.347 e. The van der Waals surface area contributed by atoms with Crippen LogP contribution in [0, 0.1) is 0 Å². The van der Waals surface area contributed by atoms with E-state index in [1.807, 2.05) is 45.0 Å². The summed E-state index contributed by atoms with van der Waals surface area (Å²) < 4.78 is 10.9. The van der Waals surface area contributed by atoms with Gasteiger partial charge in [-0.05, 0) is 50.8 Å². The lowest BCUT2D eigenvalue weighted by molar-refractivity contribution is -0.162. The molecule has 20 heavy (non-hydrogen) atoms. The van der Waals surface area contributed by atoms with Gasteiger partial charge in [0.25, 0.3) is 0 Å². The molecule has 0 spiro atoms. The SMILES string of the molecule is CC(Oc1ccc(C(C)(C)C)cc1)C(=O)OC(C)(C)C. The largest absolute Gasteiger partial charge is 0.479 e. The maximum Gasteiger partial charge on any atom is 0.347 e. The molecule has 112 valence electrons. The van der Waals surface area contributed by atoms with Crippen molar-refractivity contribution in [1.82, 2.24) is 0 Å². The highest BCUT2D eigenvalue weighted by molar-refractivity contribution is 5.75. The lowest BCUT2D eigenvalue weighted by Gasteiger charge is -2.23. The van der Waals surface area contributed by atoms with E-state index in [2.05, 4.69) is 20.8 Å². The van der Waals surface area contributed by atoms with Gasteiger partial charge in [0.1, 0.15) is 11.4 Å². The van der Waals surface area contributed by atoms with Crippen molar-refractivity contribution < 1.29 is 14.3 Å². The highest BCUT2D eigenvalue weighted by Crippen LogP contribution is 2.24. The van der Waals surface area contributed by atoms with Gasteiger partial charge in [-0.25, -0.2) is 4.79 Å². The van der Waals surface area contributed by atoms with Gasteiger partial charge in [0, 0.05) is 0 Å². The number of hydrogen-bond donors (Lipinski definition) is 0. The van der Waals surface area contributed by atoms with E-state index < -0.39 is 11.7 Å². The van der Waals surface area contributed by atoms with E-state index >= 15 is 0 Å². The molecule has 0 aromatic heterocycles. The van der Waals surface area contributed by atoms with Crippen LogP contribution in [-0.2, 0) is 14.9 Å². The Morgan fingerprint density at radius 3 is 1.90 bits per heavy atom. The first-order valence-electron chi connectivity index (χ1n) is 6.99. The van der Waals surface area contributed by atoms with Crippen LogP contribution in [0.1, 0.15) is 54.0 Å². The number of carbonyl (C=O) groups excluding carboxylic acids is 1. The molecule has 1 atom stereocenters. The van der Waals surface area contributed by atoms with Gasteiger partial charge in [-0.2, -0.15) is 0 Å². The minimum absolute atomic E-state index is 0.106. The molecule has 0 saturated heterocycles. The first-order chi connectivity index (χ1) is 8.99. The second kappa shape index (κ2) is 5.86. The molecule has 0 bridgehead atoms. The fraction of sp³-hybridized carbons (Fsp3) is 0.588. The van der Waals surface area contributed by atoms with Crippen LogP contribution in [0.25, 0.3) is 0 Å². The van der Waals surface area contributed by atoms with Crippen LogP contribution in [0.5, 0.6) is 5.75 Å². The van der Waals surface area contributed by atoms with E-state index in [1.54, 1.807) is 6.92 Å². The van der Waals surface area contributed by atoms with E-state index in [9.17, 15) is 4.79 Å². The molecule has 0 aliphatic heterocycles. The Bertz CT molecular complexity index is 447. The van der Waals surface area contributed by atoms with Crippen LogP contribution in [0.4, 0.5) is 0 Å². The quantitative estimate of drug-likeness (QED) is 0.781. The monoisotopic (exact) mass is 278 g/mol. The van der Waals surface area contributed by atoms with Crippen molar-refractivity contribution in [3.05, 3.63) is 29.8 Å². The first-order valence-corrected chi connectivity index (χ1v) is 6.99. The Balaban J connectivity index is 2.67. The number of hydrogen-bond acceptors (Lipinski definition) is 3. The Kier molecular flexibility index (Phi) is 4.85. The van der Waals surface area contributed by atoms with E-state index in [0.717, 1.165) is 0 Å². The molecular weight excluding hydrogens is 252 g/mol. The second-order valence-electron chi connectivity index (χ2n) is 7.07. The van der Waals surface area contributed by atoms with Crippen molar-refractivity contribution in [2.24, 2.45) is 0 Å². The van der Waals surface area contributed by atoms with Crippen LogP contribution < -0.4 is 4.74 Å². The summed E-state index contributed by atoms with van der Waals surface area (Å²) in [5, 5.41) is 0. The molecule has 0 radical (unpaired) electrons. The second-order valence-corrected chi connectivity index (χ2v) is 7.07. The van der Waals surface area contributed by atoms with Crippen LogP contribution in [0.15, 0.2) is 24.3 Å². The highest BCUT2D eigenvalue weighted by atomic mass is 16.6. The molecule has 1 rings (SSSR count). The predicted octanol–water partition coefficient (Wildman–Crippen LogP) is 4.09. The van der Waals surface area contributed by atoms with Gasteiger partial charge in [-0.15, -0.1) is 0 Å². The lowest BCUT2D eigenvalue weighted by atomic mass is 9.87. The normalized spacial score (nSPS) is 13.8. The fourth-order valence-electron chi connectivity index (χ4n) is 1.67. The Morgan fingerprint density at radius 2 is 1.50 bits per heavy atom. The molecule has 1 aromatic carbocycles. The lowest BCUT2D eigenvalue weighted by Crippen LogP contribution is -2.33. The number of benzene rings is 1. The highest BCUT2D eigenvalue weighted by Gasteiger charge is 2.23. The van der Waals surface area contributed by atoms with Gasteiger partial charge in [-0.3, -0.25) is 0 Å². The van der Waals surface area contributed by atoms with Crippen molar-refractivity contribution in [1.29, 1.82) is 0 Å². The van der Waals surface area contributed by atoms with Crippen LogP contribution in [-0.4, -0.2) is 17.7 Å². The van der Waals surface area contributed by atoms with Crippen molar-refractivity contribution in [2.45, 2.75) is 65.6 Å². The molecule has 1 aromatic rings. The van der Waals surface area contributed by atoms with E-state index in [-0.39, 0.29) is 11.4 Å². The predicted molar refractivity (Wildman–Crippen MR) is 81.1 cm³/mol. The summed E-state index contributed by atoms with van der Waals surface area (Å²) in [4.78, 5) is 11.8. The molecule has 0 fully saturated rings. The van der Waals surface area contributed by atoms with Crippen molar-refractivity contribution in [3.63, 3.8) is 0 Å². The molecule has 0 heterocycles. The molecule has 0 N–H and O–H groups in total. The Labute approximate surface area is 122 Å². The molecule has 0 aliphatic rings. The van der Waals surface area contributed by atoms with Gasteiger partial charge >= 0.3 is 5.97 Å². The van der Waals surface area contributed by atoms with Crippen LogP contribution >= 0.6 is 0 Å². The summed E-state index contributed by atoms with van der Waals surface area (Å²) in [5.74, 6) is 0.328. The average molecular weight is 278 g/mol. The summed E-state index contributed by atoms with van der Waals surface area (Å²) >= 11 is 0. The fourth-order valence-corrected chi connectivity index (χ4v) is 1.67. The van der Waals surface area contributed by atoms with Crippen molar-refractivity contribution in [3.8, 4) is 5.75 Å². The van der Waals surface area contributed by atoms with E-state index in [1.165, 1.54) is 5.56 Å². The number of ether oxygens (including phenoxy) is 2. The standard InChI is InChI=1S/C17H26O3/c1-12(15(18)20-17(5,6)7)19-14-10-8-13(9-11-14)16(2,3)4/h8-12H,1-7H3. The maximum atomic E-state index is 11.8. The Hall–Kier alpha value is -1.51. The molecule has 0 aliphatic carbocycles. The minimum atomic E-state index is -0.616. The third kappa shape index (κ3) is 5.24. The van der Waals surface area contributed by atoms with Gasteiger partial charge in [-0.1, -0.05) is 32.9 Å². The zero-order valence-electron chi connectivity index (χ0n) is 13.6. The minimum Gasteiger partial charge on any atom is -0.479 e. The number of esters is 1. The maximum absolute atomic E-state index is 11.8. The summed E-state index contributed by atoms with van der Waals surface area (Å²) in [6.07, 6.45) is -0.616. The molecule has 3 nitrogen and oxygen atoms in total. The van der Waals surface area contributed by atoms with Crippen LogP contribution in [0.3, 0.4) is 0 Å². The molecule has 0 amide bonds. The summed E-state index contributed by atoms with van der Waals surface area (Å²) in [5.41, 5.74) is 0.842. The van der Waals surface area contributed by atoms with Crippen LogP contribution in [0.2, 0.25) is 0 Å². The Morgan fingerprint density at radius 1 is 1.00 bits per heavy atom. The summed E-state index contributed by atoms with van der Waals surface area (Å²) in [6, 6.07) is 7.83. The molecular formula is C17H26O3. The summed E-state index contributed by atoms with van der Waals surface area (Å²) in [6.45, 7) is 13.7. The van der Waals surface area contributed by atoms with Crippen molar-refractivity contribution in [2.75, 3.05) is 0 Å². The van der Waals surface area contributed by atoms with Gasteiger partial charge in [0.15, 0.2) is 6.10 Å². The van der Waals surface area contributed by atoms with E-state index in [0.29, 0.717) is 5.75 Å². The van der Waals surface area contributed by atoms with Gasteiger partial charge in [0.2, 0.25) is 0 Å². The number of rotatable bonds is 3. The average Bonchev–Trinajstić information content (AvgIpc) is 2.26. The molecule has 1 unspecified atom stereocenters. The molecule has 3 heteroatoms. The van der Waals surface area contributed by atoms with E-state index in [4.69, 9.17) is 9.47 Å². The number of carbonyl (C=O) groups is 1. The van der Waals surface area contributed by atoms with Gasteiger partial charge in [0.05, 0.1) is 0 Å². The third-order valence-corrected chi connectivity index (χ3v) is 2.77. The first kappa shape index (κ1) is 16.5.